The number of hydrogen-bond donors (Lipinski definition) is 1. The summed E-state index contributed by atoms with van der Waals surface area (Å²) < 4.78 is 3.46. The Labute approximate surface area is 69.1 Å². The first-order chi connectivity index (χ1) is 5.70. The number of H-pyrrole nitrogens is 1. The smallest absolute Gasteiger partial charge is 0.239 e. The van der Waals surface area contributed by atoms with Crippen molar-refractivity contribution in [2.24, 2.45) is 7.05 Å². The van der Waals surface area contributed by atoms with Gasteiger partial charge in [-0.1, -0.05) is 4.52 Å². The summed E-state index contributed by atoms with van der Waals surface area (Å²) >= 11 is 0. The molecule has 0 aliphatic rings. The van der Waals surface area contributed by atoms with E-state index in [1.807, 2.05) is 24.6 Å². The maximum absolute atomic E-state index is 11.3. The molecule has 0 unspecified atom stereocenters. The summed E-state index contributed by atoms with van der Waals surface area (Å²) in [6.07, 6.45) is 1.75. The number of nitrogens with one attached hydrogen (secondary N) is 1. The van der Waals surface area contributed by atoms with Crippen molar-refractivity contribution in [3.8, 4) is 0 Å². The first-order valence-electron chi connectivity index (χ1n) is 3.76. The van der Waals surface area contributed by atoms with E-state index < -0.39 is 0 Å². The fourth-order valence-electron chi connectivity index (χ4n) is 1.29. The topological polar surface area (TPSA) is 41.1 Å². The van der Waals surface area contributed by atoms with Gasteiger partial charge in [-0.3, -0.25) is 0 Å². The van der Waals surface area contributed by atoms with Gasteiger partial charge >= 0.3 is 11.2 Å². The zero-order chi connectivity index (χ0) is 8.72. The van der Waals surface area contributed by atoms with Gasteiger partial charge in [-0.15, -0.1) is 0 Å². The van der Waals surface area contributed by atoms with Crippen LogP contribution < -0.4 is 10.1 Å². The standard InChI is InChI=1S/C8H9N3O/c1-6-5-8(12)11-7(10(6)2)3-4-9-11/h3-5H,1-2H3/p+1. The predicted octanol–water partition coefficient (Wildman–Crippen LogP) is -0.239. The molecule has 0 amide bonds. The van der Waals surface area contributed by atoms with Crippen molar-refractivity contribution in [3.05, 3.63) is 34.4 Å². The third kappa shape index (κ3) is 0.777. The summed E-state index contributed by atoms with van der Waals surface area (Å²) in [6.45, 7) is 1.91. The minimum Gasteiger partial charge on any atom is -0.239 e. The van der Waals surface area contributed by atoms with Crippen LogP contribution in [0.2, 0.25) is 0 Å². The van der Waals surface area contributed by atoms with Crippen molar-refractivity contribution >= 4 is 5.65 Å². The van der Waals surface area contributed by atoms with Crippen molar-refractivity contribution in [2.75, 3.05) is 0 Å². The van der Waals surface area contributed by atoms with E-state index in [0.717, 1.165) is 11.3 Å². The molecule has 62 valence electrons. The van der Waals surface area contributed by atoms with Crippen LogP contribution in [-0.4, -0.2) is 9.61 Å². The van der Waals surface area contributed by atoms with Crippen LogP contribution in [0, 0.1) is 6.92 Å². The minimum absolute atomic E-state index is 0.0226. The van der Waals surface area contributed by atoms with Crippen molar-refractivity contribution in [2.45, 2.75) is 6.92 Å². The second kappa shape index (κ2) is 2.20. The van der Waals surface area contributed by atoms with Crippen LogP contribution in [0.1, 0.15) is 5.69 Å². The molecule has 2 aromatic rings. The molecule has 4 heteroatoms. The van der Waals surface area contributed by atoms with Gasteiger partial charge in [0.05, 0.1) is 13.1 Å². The Hall–Kier alpha value is -1.58. The maximum Gasteiger partial charge on any atom is 0.361 e. The van der Waals surface area contributed by atoms with Gasteiger partial charge < -0.3 is 0 Å². The molecule has 0 aliphatic heterocycles. The van der Waals surface area contributed by atoms with Crippen molar-refractivity contribution in [1.82, 2.24) is 9.61 Å². The SMILES string of the molecule is Cc1cc(=O)n2[nH]ccc2[n+]1C. The molecule has 0 saturated carbocycles. The van der Waals surface area contributed by atoms with E-state index in [-0.39, 0.29) is 5.56 Å². The lowest BCUT2D eigenvalue weighted by Gasteiger charge is -1.95. The molecule has 0 atom stereocenters. The molecule has 0 fully saturated rings. The average Bonchev–Trinajstić information content (AvgIpc) is 2.48. The first-order valence-corrected chi connectivity index (χ1v) is 3.76. The molecule has 2 aromatic heterocycles. The van der Waals surface area contributed by atoms with E-state index in [4.69, 9.17) is 0 Å². The number of aromatic amines is 1. The maximum atomic E-state index is 11.3. The third-order valence-electron chi connectivity index (χ3n) is 2.09. The van der Waals surface area contributed by atoms with Crippen LogP contribution in [0.3, 0.4) is 0 Å². The van der Waals surface area contributed by atoms with Crippen molar-refractivity contribution < 1.29 is 4.57 Å². The lowest BCUT2D eigenvalue weighted by molar-refractivity contribution is -0.655. The van der Waals surface area contributed by atoms with Gasteiger partial charge in [-0.2, -0.15) is 0 Å². The Morgan fingerprint density at radius 1 is 1.58 bits per heavy atom. The number of aromatic nitrogens is 3. The van der Waals surface area contributed by atoms with Gasteiger partial charge in [0, 0.05) is 12.3 Å². The number of rotatable bonds is 0. The van der Waals surface area contributed by atoms with Crippen LogP contribution in [0.4, 0.5) is 0 Å². The van der Waals surface area contributed by atoms with Crippen LogP contribution in [0.15, 0.2) is 23.1 Å². The fourth-order valence-corrected chi connectivity index (χ4v) is 1.29. The molecular weight excluding hydrogens is 154 g/mol. The highest BCUT2D eigenvalue weighted by Crippen LogP contribution is 1.91. The largest absolute Gasteiger partial charge is 0.361 e. The summed E-state index contributed by atoms with van der Waals surface area (Å²) in [4.78, 5) is 11.3. The quantitative estimate of drug-likeness (QED) is 0.536. The van der Waals surface area contributed by atoms with E-state index in [0.29, 0.717) is 0 Å². The van der Waals surface area contributed by atoms with E-state index >= 15 is 0 Å². The van der Waals surface area contributed by atoms with Gasteiger partial charge in [0.1, 0.15) is 5.69 Å². The highest BCUT2D eigenvalue weighted by atomic mass is 16.1. The van der Waals surface area contributed by atoms with E-state index in [1.165, 1.54) is 4.52 Å². The minimum atomic E-state index is -0.0226. The van der Waals surface area contributed by atoms with Gasteiger partial charge in [-0.05, 0) is 6.92 Å². The molecule has 0 aromatic carbocycles. The second-order valence-corrected chi connectivity index (χ2v) is 2.84. The lowest BCUT2D eigenvalue weighted by Crippen LogP contribution is -2.38. The van der Waals surface area contributed by atoms with Crippen LogP contribution in [-0.2, 0) is 7.05 Å². The molecule has 2 rings (SSSR count). The van der Waals surface area contributed by atoms with Gasteiger partial charge in [0.25, 0.3) is 0 Å². The monoisotopic (exact) mass is 164 g/mol. The highest BCUT2D eigenvalue weighted by Gasteiger charge is 2.10. The molecular formula is C8H10N3O+. The molecule has 1 N–H and O–H groups in total. The molecule has 0 aliphatic carbocycles. The van der Waals surface area contributed by atoms with E-state index in [2.05, 4.69) is 5.10 Å². The zero-order valence-electron chi connectivity index (χ0n) is 7.03. The Kier molecular flexibility index (Phi) is 1.30. The molecule has 0 spiro atoms. The molecule has 2 heterocycles. The molecule has 4 nitrogen and oxygen atoms in total. The van der Waals surface area contributed by atoms with Gasteiger partial charge in [0.15, 0.2) is 0 Å². The Bertz CT molecular complexity index is 480. The molecule has 0 radical (unpaired) electrons. The second-order valence-electron chi connectivity index (χ2n) is 2.84. The Morgan fingerprint density at radius 2 is 2.33 bits per heavy atom. The number of nitrogens with zero attached hydrogens (tertiary/aromatic N) is 2. The van der Waals surface area contributed by atoms with E-state index in [9.17, 15) is 4.79 Å². The van der Waals surface area contributed by atoms with Crippen molar-refractivity contribution in [3.63, 3.8) is 0 Å². The van der Waals surface area contributed by atoms with Crippen LogP contribution in [0.25, 0.3) is 5.65 Å². The average molecular weight is 164 g/mol. The molecule has 12 heavy (non-hydrogen) atoms. The van der Waals surface area contributed by atoms with Crippen LogP contribution in [0.5, 0.6) is 0 Å². The molecule has 0 bridgehead atoms. The van der Waals surface area contributed by atoms with Crippen LogP contribution >= 0.6 is 0 Å². The van der Waals surface area contributed by atoms with Gasteiger partial charge in [-0.25, -0.2) is 14.5 Å². The number of fused-ring (bicyclic) bond motifs is 1. The third-order valence-corrected chi connectivity index (χ3v) is 2.09. The summed E-state index contributed by atoms with van der Waals surface area (Å²) in [5.74, 6) is 0. The Balaban J connectivity index is 3.07. The summed E-state index contributed by atoms with van der Waals surface area (Å²) in [5, 5.41) is 2.84. The Morgan fingerprint density at radius 3 is 3.08 bits per heavy atom. The summed E-state index contributed by atoms with van der Waals surface area (Å²) in [7, 11) is 1.93. The highest BCUT2D eigenvalue weighted by molar-refractivity contribution is 5.28. The fraction of sp³-hybridized carbons (Fsp3) is 0.250. The number of aryl methyl sites for hydroxylation is 2. The van der Waals surface area contributed by atoms with E-state index in [1.54, 1.807) is 12.3 Å². The molecule has 0 saturated heterocycles. The van der Waals surface area contributed by atoms with Gasteiger partial charge in [0.2, 0.25) is 0 Å². The first kappa shape index (κ1) is 7.09. The lowest BCUT2D eigenvalue weighted by atomic mass is 10.4. The number of hydrogen-bond acceptors (Lipinski definition) is 1. The van der Waals surface area contributed by atoms with Crippen molar-refractivity contribution in [1.29, 1.82) is 0 Å². The zero-order valence-corrected chi connectivity index (χ0v) is 7.03. The predicted molar refractivity (Wildman–Crippen MR) is 43.9 cm³/mol. The summed E-state index contributed by atoms with van der Waals surface area (Å²) in [5.41, 5.74) is 1.81. The summed E-state index contributed by atoms with van der Waals surface area (Å²) in [6, 6.07) is 3.47. The normalized spacial score (nSPS) is 10.8.